The van der Waals surface area contributed by atoms with Gasteiger partial charge in [-0.15, -0.1) is 0 Å². The average molecular weight is 310 g/mol. The summed E-state index contributed by atoms with van der Waals surface area (Å²) in [7, 11) is -1.99. The van der Waals surface area contributed by atoms with Crippen molar-refractivity contribution >= 4 is 25.0 Å². The van der Waals surface area contributed by atoms with Crippen LogP contribution in [0.3, 0.4) is 0 Å². The zero-order valence-electron chi connectivity index (χ0n) is 12.4. The lowest BCUT2D eigenvalue weighted by Crippen LogP contribution is -2.21. The van der Waals surface area contributed by atoms with Crippen LogP contribution in [0.25, 0.3) is 0 Å². The van der Waals surface area contributed by atoms with E-state index >= 15 is 0 Å². The van der Waals surface area contributed by atoms with E-state index in [1.807, 2.05) is 12.1 Å². The molecule has 0 bridgehead atoms. The van der Waals surface area contributed by atoms with Gasteiger partial charge in [0.2, 0.25) is 0 Å². The van der Waals surface area contributed by atoms with Gasteiger partial charge in [0.05, 0.1) is 4.90 Å². The van der Waals surface area contributed by atoms with Crippen molar-refractivity contribution in [3.05, 3.63) is 23.8 Å². The summed E-state index contributed by atoms with van der Waals surface area (Å²) in [4.78, 5) is 2.85. The monoisotopic (exact) mass is 309 g/mol. The Bertz CT molecular complexity index is 557. The van der Waals surface area contributed by atoms with Crippen LogP contribution in [0.1, 0.15) is 25.3 Å². The molecule has 0 N–H and O–H groups in total. The van der Waals surface area contributed by atoms with Crippen LogP contribution in [0.2, 0.25) is 12.1 Å². The Kier molecular flexibility index (Phi) is 5.27. The molecule has 1 aliphatic rings. The zero-order chi connectivity index (χ0) is 14.6. The first kappa shape index (κ1) is 15.6. The second kappa shape index (κ2) is 6.76. The minimum absolute atomic E-state index is 0.447. The summed E-state index contributed by atoms with van der Waals surface area (Å²) in [5.74, 6) is 0. The number of sulfone groups is 1. The van der Waals surface area contributed by atoms with Crippen LogP contribution in [0.15, 0.2) is 23.1 Å². The van der Waals surface area contributed by atoms with Crippen LogP contribution >= 0.6 is 0 Å². The van der Waals surface area contributed by atoms with Crippen molar-refractivity contribution in [3.8, 4) is 0 Å². The quantitative estimate of drug-likeness (QED) is 0.574. The van der Waals surface area contributed by atoms with Crippen molar-refractivity contribution in [2.45, 2.75) is 43.2 Å². The molecule has 1 heterocycles. The van der Waals surface area contributed by atoms with Gasteiger partial charge in [-0.05, 0) is 36.6 Å². The lowest BCUT2D eigenvalue weighted by atomic mass is 10.2. The second-order valence-corrected chi connectivity index (χ2v) is 8.92. The van der Waals surface area contributed by atoms with E-state index in [1.54, 1.807) is 6.07 Å². The molecule has 2 rings (SSSR count). The zero-order valence-corrected chi connectivity index (χ0v) is 14.2. The van der Waals surface area contributed by atoms with Crippen molar-refractivity contribution in [1.82, 2.24) is 0 Å². The van der Waals surface area contributed by atoms with E-state index < -0.39 is 9.84 Å². The van der Waals surface area contributed by atoms with Gasteiger partial charge < -0.3 is 4.90 Å². The summed E-state index contributed by atoms with van der Waals surface area (Å²) < 4.78 is 23.1. The number of benzene rings is 1. The van der Waals surface area contributed by atoms with Crippen molar-refractivity contribution < 1.29 is 8.42 Å². The maximum Gasteiger partial charge on any atom is 0.175 e. The SMILES string of the molecule is CCC[Si]CCCN1CCc2cc(S(C)(=O)=O)ccc21. The van der Waals surface area contributed by atoms with Gasteiger partial charge >= 0.3 is 0 Å². The lowest BCUT2D eigenvalue weighted by molar-refractivity contribution is 0.602. The van der Waals surface area contributed by atoms with Crippen LogP contribution in [0.5, 0.6) is 0 Å². The molecule has 0 saturated heterocycles. The first-order valence-electron chi connectivity index (χ1n) is 7.31. The van der Waals surface area contributed by atoms with E-state index in [4.69, 9.17) is 0 Å². The maximum atomic E-state index is 11.6. The molecule has 0 aromatic heterocycles. The molecule has 1 aliphatic heterocycles. The van der Waals surface area contributed by atoms with Crippen molar-refractivity contribution in [1.29, 1.82) is 0 Å². The second-order valence-electron chi connectivity index (χ2n) is 5.40. The predicted octanol–water partition coefficient (Wildman–Crippen LogP) is 2.79. The number of hydrogen-bond donors (Lipinski definition) is 0. The van der Waals surface area contributed by atoms with Gasteiger partial charge in [-0.1, -0.05) is 25.4 Å². The van der Waals surface area contributed by atoms with Crippen LogP contribution in [0, 0.1) is 0 Å². The third kappa shape index (κ3) is 3.85. The molecule has 0 saturated carbocycles. The number of hydrogen-bond acceptors (Lipinski definition) is 3. The fraction of sp³-hybridized carbons (Fsp3) is 0.600. The van der Waals surface area contributed by atoms with Crippen molar-refractivity contribution in [2.24, 2.45) is 0 Å². The molecule has 1 aromatic rings. The Morgan fingerprint density at radius 3 is 2.80 bits per heavy atom. The molecule has 0 aliphatic carbocycles. The smallest absolute Gasteiger partial charge is 0.175 e. The van der Waals surface area contributed by atoms with Crippen LogP contribution in [0.4, 0.5) is 5.69 Å². The Labute approximate surface area is 125 Å². The van der Waals surface area contributed by atoms with Crippen LogP contribution in [-0.2, 0) is 16.3 Å². The highest BCUT2D eigenvalue weighted by Crippen LogP contribution is 2.30. The van der Waals surface area contributed by atoms with E-state index in [0.29, 0.717) is 4.90 Å². The Hall–Kier alpha value is -0.813. The van der Waals surface area contributed by atoms with Gasteiger partial charge in [-0.2, -0.15) is 0 Å². The molecular weight excluding hydrogens is 286 g/mol. The third-order valence-electron chi connectivity index (χ3n) is 3.68. The average Bonchev–Trinajstić information content (AvgIpc) is 2.80. The normalized spacial score (nSPS) is 14.6. The molecule has 5 heteroatoms. The number of anilines is 1. The minimum Gasteiger partial charge on any atom is -0.371 e. The highest BCUT2D eigenvalue weighted by Gasteiger charge is 2.20. The first-order chi connectivity index (χ1) is 9.52. The molecule has 0 unspecified atom stereocenters. The van der Waals surface area contributed by atoms with E-state index in [0.717, 1.165) is 29.0 Å². The topological polar surface area (TPSA) is 37.4 Å². The Balaban J connectivity index is 1.96. The lowest BCUT2D eigenvalue weighted by Gasteiger charge is -2.19. The van der Waals surface area contributed by atoms with Gasteiger partial charge in [0.25, 0.3) is 0 Å². The summed E-state index contributed by atoms with van der Waals surface area (Å²) in [5.41, 5.74) is 2.42. The minimum atomic E-state index is -3.09. The summed E-state index contributed by atoms with van der Waals surface area (Å²) in [6.07, 6.45) is 4.77. The number of nitrogens with zero attached hydrogens (tertiary/aromatic N) is 1. The molecule has 110 valence electrons. The number of fused-ring (bicyclic) bond motifs is 1. The molecule has 0 fully saturated rings. The van der Waals surface area contributed by atoms with E-state index in [-0.39, 0.29) is 0 Å². The summed E-state index contributed by atoms with van der Waals surface area (Å²) in [6, 6.07) is 8.25. The van der Waals surface area contributed by atoms with Crippen LogP contribution < -0.4 is 4.90 Å². The fourth-order valence-electron chi connectivity index (χ4n) is 2.61. The van der Waals surface area contributed by atoms with Crippen molar-refractivity contribution in [2.75, 3.05) is 24.2 Å². The highest BCUT2D eigenvalue weighted by molar-refractivity contribution is 7.90. The molecular formula is C15H23NO2SSi. The van der Waals surface area contributed by atoms with E-state index in [1.165, 1.54) is 42.4 Å². The molecule has 20 heavy (non-hydrogen) atoms. The molecule has 1 aromatic carbocycles. The predicted molar refractivity (Wildman–Crippen MR) is 85.7 cm³/mol. The highest BCUT2D eigenvalue weighted by atomic mass is 32.2. The van der Waals surface area contributed by atoms with Crippen molar-refractivity contribution in [3.63, 3.8) is 0 Å². The largest absolute Gasteiger partial charge is 0.371 e. The van der Waals surface area contributed by atoms with E-state index in [9.17, 15) is 8.42 Å². The van der Waals surface area contributed by atoms with Gasteiger partial charge in [0, 0.05) is 34.6 Å². The van der Waals surface area contributed by atoms with Gasteiger partial charge in [0.1, 0.15) is 0 Å². The third-order valence-corrected chi connectivity index (χ3v) is 6.35. The summed E-state index contributed by atoms with van der Waals surface area (Å²) in [5, 5.41) is 0. The maximum absolute atomic E-state index is 11.6. The first-order valence-corrected chi connectivity index (χ1v) is 10.6. The Morgan fingerprint density at radius 1 is 1.30 bits per heavy atom. The molecule has 0 amide bonds. The molecule has 0 atom stereocenters. The molecule has 2 radical (unpaired) electrons. The number of rotatable bonds is 7. The standard InChI is InChI=1S/C15H23NO2SSi/c1-3-10-20-11-4-8-16-9-7-13-12-14(19(2,17)18)5-6-15(13)16/h5-6,12H,3-4,7-11H2,1-2H3. The van der Waals surface area contributed by atoms with Crippen LogP contribution in [-0.4, -0.2) is 37.3 Å². The van der Waals surface area contributed by atoms with E-state index in [2.05, 4.69) is 11.8 Å². The molecule has 3 nitrogen and oxygen atoms in total. The van der Waals surface area contributed by atoms with Gasteiger partial charge in [0.15, 0.2) is 9.84 Å². The molecule has 0 spiro atoms. The van der Waals surface area contributed by atoms with Gasteiger partial charge in [-0.25, -0.2) is 8.42 Å². The Morgan fingerprint density at radius 2 is 2.10 bits per heavy atom. The van der Waals surface area contributed by atoms with Gasteiger partial charge in [-0.3, -0.25) is 0 Å². The summed E-state index contributed by atoms with van der Waals surface area (Å²) in [6.45, 7) is 4.37. The fourth-order valence-corrected chi connectivity index (χ4v) is 4.29. The summed E-state index contributed by atoms with van der Waals surface area (Å²) >= 11 is 0.